The zero-order valence-electron chi connectivity index (χ0n) is 16.4. The molecule has 1 saturated heterocycles. The number of carboxylic acids is 1. The van der Waals surface area contributed by atoms with Crippen molar-refractivity contribution in [3.63, 3.8) is 0 Å². The van der Waals surface area contributed by atoms with Gasteiger partial charge in [0.2, 0.25) is 0 Å². The summed E-state index contributed by atoms with van der Waals surface area (Å²) in [5.41, 5.74) is 2.79. The first-order valence-electron chi connectivity index (χ1n) is 10.3. The van der Waals surface area contributed by atoms with E-state index in [1.54, 1.807) is 0 Å². The lowest BCUT2D eigenvalue weighted by atomic mass is 9.89. The Kier molecular flexibility index (Phi) is 7.30. The van der Waals surface area contributed by atoms with Crippen LogP contribution < -0.4 is 0 Å². The Morgan fingerprint density at radius 2 is 1.96 bits per heavy atom. The van der Waals surface area contributed by atoms with Crippen LogP contribution in [0.2, 0.25) is 0 Å². The highest BCUT2D eigenvalue weighted by molar-refractivity contribution is 5.84. The minimum absolute atomic E-state index is 0.289. The van der Waals surface area contributed by atoms with Gasteiger partial charge in [0, 0.05) is 36.7 Å². The molecule has 5 heteroatoms. The van der Waals surface area contributed by atoms with Crippen molar-refractivity contribution in [2.75, 3.05) is 32.8 Å². The molecule has 1 aromatic heterocycles. The van der Waals surface area contributed by atoms with Crippen molar-refractivity contribution < 1.29 is 14.6 Å². The van der Waals surface area contributed by atoms with Gasteiger partial charge in [0.1, 0.15) is 0 Å². The predicted molar refractivity (Wildman–Crippen MR) is 108 cm³/mol. The fourth-order valence-electron chi connectivity index (χ4n) is 4.17. The molecule has 1 aliphatic heterocycles. The SMILES string of the molecule is CCOCCn1cc(C2CCN(CCCCC(=O)O)CC2)c2ccccc21. The Labute approximate surface area is 161 Å². The highest BCUT2D eigenvalue weighted by atomic mass is 16.5. The molecule has 0 atom stereocenters. The van der Waals surface area contributed by atoms with Crippen LogP contribution >= 0.6 is 0 Å². The van der Waals surface area contributed by atoms with Crippen LogP contribution in [0.15, 0.2) is 30.5 Å². The first-order chi connectivity index (χ1) is 13.2. The van der Waals surface area contributed by atoms with E-state index in [0.717, 1.165) is 52.2 Å². The Morgan fingerprint density at radius 1 is 1.19 bits per heavy atom. The number of ether oxygens (including phenoxy) is 1. The number of unbranched alkanes of at least 4 members (excludes halogenated alkanes) is 1. The molecule has 148 valence electrons. The topological polar surface area (TPSA) is 54.7 Å². The molecule has 2 heterocycles. The smallest absolute Gasteiger partial charge is 0.303 e. The van der Waals surface area contributed by atoms with E-state index in [4.69, 9.17) is 9.84 Å². The van der Waals surface area contributed by atoms with E-state index in [1.807, 2.05) is 6.92 Å². The molecule has 0 bridgehead atoms. The summed E-state index contributed by atoms with van der Waals surface area (Å²) in [7, 11) is 0. The minimum atomic E-state index is -0.686. The molecule has 3 rings (SSSR count). The molecule has 0 spiro atoms. The number of benzene rings is 1. The average molecular weight is 373 g/mol. The molecular weight excluding hydrogens is 340 g/mol. The Hall–Kier alpha value is -1.85. The van der Waals surface area contributed by atoms with Crippen molar-refractivity contribution in [2.45, 2.75) is 51.5 Å². The second kappa shape index (κ2) is 9.90. The van der Waals surface area contributed by atoms with E-state index < -0.39 is 5.97 Å². The van der Waals surface area contributed by atoms with Crippen LogP contribution in [0.3, 0.4) is 0 Å². The van der Waals surface area contributed by atoms with Crippen molar-refractivity contribution >= 4 is 16.9 Å². The van der Waals surface area contributed by atoms with Crippen molar-refractivity contribution in [1.29, 1.82) is 0 Å². The zero-order chi connectivity index (χ0) is 19.1. The fourth-order valence-corrected chi connectivity index (χ4v) is 4.17. The molecular formula is C22H32N2O3. The number of rotatable bonds is 10. The number of para-hydroxylation sites is 1. The van der Waals surface area contributed by atoms with Gasteiger partial charge >= 0.3 is 5.97 Å². The molecule has 0 unspecified atom stereocenters. The fraction of sp³-hybridized carbons (Fsp3) is 0.591. The van der Waals surface area contributed by atoms with Gasteiger partial charge in [0.05, 0.1) is 6.61 Å². The molecule has 2 aromatic rings. The summed E-state index contributed by atoms with van der Waals surface area (Å²) >= 11 is 0. The van der Waals surface area contributed by atoms with Gasteiger partial charge < -0.3 is 19.3 Å². The number of aromatic nitrogens is 1. The van der Waals surface area contributed by atoms with E-state index >= 15 is 0 Å². The highest BCUT2D eigenvalue weighted by Crippen LogP contribution is 2.34. The van der Waals surface area contributed by atoms with Gasteiger partial charge in [0.15, 0.2) is 0 Å². The largest absolute Gasteiger partial charge is 0.481 e. The van der Waals surface area contributed by atoms with Gasteiger partial charge in [-0.05, 0) is 69.8 Å². The third-order valence-corrected chi connectivity index (χ3v) is 5.64. The quantitative estimate of drug-likeness (QED) is 0.638. The molecule has 0 amide bonds. The Bertz CT molecular complexity index is 732. The Morgan fingerprint density at radius 3 is 2.70 bits per heavy atom. The van der Waals surface area contributed by atoms with Crippen LogP contribution in [0.4, 0.5) is 0 Å². The summed E-state index contributed by atoms with van der Waals surface area (Å²) in [5, 5.41) is 10.1. The van der Waals surface area contributed by atoms with Crippen LogP contribution in [0.5, 0.6) is 0 Å². The highest BCUT2D eigenvalue weighted by Gasteiger charge is 2.23. The van der Waals surface area contributed by atoms with Crippen LogP contribution in [-0.4, -0.2) is 53.4 Å². The molecule has 0 radical (unpaired) electrons. The third-order valence-electron chi connectivity index (χ3n) is 5.64. The molecule has 1 fully saturated rings. The summed E-state index contributed by atoms with van der Waals surface area (Å²) < 4.78 is 7.90. The van der Waals surface area contributed by atoms with Gasteiger partial charge in [-0.1, -0.05) is 18.2 Å². The maximum absolute atomic E-state index is 10.6. The number of hydrogen-bond acceptors (Lipinski definition) is 3. The number of carbonyl (C=O) groups is 1. The standard InChI is InChI=1S/C22H32N2O3/c1-2-27-16-15-24-17-20(19-7-3-4-8-21(19)24)18-10-13-23(14-11-18)12-6-5-9-22(25)26/h3-4,7-8,17-18H,2,5-6,9-16H2,1H3,(H,25,26). The normalized spacial score (nSPS) is 16.2. The van der Waals surface area contributed by atoms with Crippen LogP contribution in [-0.2, 0) is 16.1 Å². The summed E-state index contributed by atoms with van der Waals surface area (Å²) in [4.78, 5) is 13.1. The summed E-state index contributed by atoms with van der Waals surface area (Å²) in [6.07, 6.45) is 6.75. The second-order valence-corrected chi connectivity index (χ2v) is 7.46. The van der Waals surface area contributed by atoms with Crippen molar-refractivity contribution in [3.05, 3.63) is 36.0 Å². The lowest BCUT2D eigenvalue weighted by Crippen LogP contribution is -2.33. The van der Waals surface area contributed by atoms with Gasteiger partial charge in [-0.2, -0.15) is 0 Å². The van der Waals surface area contributed by atoms with Crippen LogP contribution in [0.25, 0.3) is 10.9 Å². The van der Waals surface area contributed by atoms with E-state index in [-0.39, 0.29) is 6.42 Å². The molecule has 1 aromatic carbocycles. The molecule has 5 nitrogen and oxygen atoms in total. The van der Waals surface area contributed by atoms with Gasteiger partial charge in [-0.25, -0.2) is 0 Å². The summed E-state index contributed by atoms with van der Waals surface area (Å²) in [6, 6.07) is 8.71. The molecule has 0 saturated carbocycles. The van der Waals surface area contributed by atoms with E-state index in [1.165, 1.54) is 29.3 Å². The van der Waals surface area contributed by atoms with Gasteiger partial charge in [0.25, 0.3) is 0 Å². The molecule has 27 heavy (non-hydrogen) atoms. The third kappa shape index (κ3) is 5.33. The number of carboxylic acid groups (broad SMARTS) is 1. The lowest BCUT2D eigenvalue weighted by molar-refractivity contribution is -0.137. The van der Waals surface area contributed by atoms with Crippen LogP contribution in [0.1, 0.15) is 50.5 Å². The first-order valence-corrected chi connectivity index (χ1v) is 10.3. The van der Waals surface area contributed by atoms with Crippen molar-refractivity contribution in [3.8, 4) is 0 Å². The number of aliphatic carboxylic acids is 1. The van der Waals surface area contributed by atoms with E-state index in [2.05, 4.69) is 39.9 Å². The van der Waals surface area contributed by atoms with Crippen LogP contribution in [0, 0.1) is 0 Å². The summed E-state index contributed by atoms with van der Waals surface area (Å²) in [5.74, 6) is -0.0760. The summed E-state index contributed by atoms with van der Waals surface area (Å²) in [6.45, 7) is 7.69. The molecule has 1 aliphatic rings. The zero-order valence-corrected chi connectivity index (χ0v) is 16.4. The average Bonchev–Trinajstić information content (AvgIpc) is 3.05. The molecule has 1 N–H and O–H groups in total. The maximum Gasteiger partial charge on any atom is 0.303 e. The Balaban J connectivity index is 1.59. The first kappa shape index (κ1) is 19.9. The minimum Gasteiger partial charge on any atom is -0.481 e. The van der Waals surface area contributed by atoms with E-state index in [9.17, 15) is 4.79 Å². The maximum atomic E-state index is 10.6. The van der Waals surface area contributed by atoms with Crippen molar-refractivity contribution in [1.82, 2.24) is 9.47 Å². The predicted octanol–water partition coefficient (Wildman–Crippen LogP) is 4.11. The monoisotopic (exact) mass is 372 g/mol. The molecule has 0 aliphatic carbocycles. The number of nitrogens with zero attached hydrogens (tertiary/aromatic N) is 2. The number of hydrogen-bond donors (Lipinski definition) is 1. The lowest BCUT2D eigenvalue weighted by Gasteiger charge is -2.32. The van der Waals surface area contributed by atoms with E-state index in [0.29, 0.717) is 5.92 Å². The number of fused-ring (bicyclic) bond motifs is 1. The number of likely N-dealkylation sites (tertiary alicyclic amines) is 1. The van der Waals surface area contributed by atoms with Gasteiger partial charge in [-0.15, -0.1) is 0 Å². The van der Waals surface area contributed by atoms with Crippen molar-refractivity contribution in [2.24, 2.45) is 0 Å². The number of piperidine rings is 1. The van der Waals surface area contributed by atoms with Gasteiger partial charge in [-0.3, -0.25) is 4.79 Å². The second-order valence-electron chi connectivity index (χ2n) is 7.46.